The Bertz CT molecular complexity index is 328. The largest absolute Gasteiger partial charge is 0.610 e. The van der Waals surface area contributed by atoms with Gasteiger partial charge in [0.1, 0.15) is 6.54 Å². The van der Waals surface area contributed by atoms with Crippen LogP contribution >= 0.6 is 0 Å². The molecular weight excluding hydrogens is 184 g/mol. The molecule has 0 spiro atoms. The number of benzene rings is 1. The lowest BCUT2D eigenvalue weighted by atomic mass is 10.2. The van der Waals surface area contributed by atoms with E-state index in [0.717, 1.165) is 10.7 Å². The summed E-state index contributed by atoms with van der Waals surface area (Å²) in [7, 11) is 0. The zero-order valence-electron chi connectivity index (χ0n) is 7.40. The monoisotopic (exact) mass is 193 g/mol. The fourth-order valence-electron chi connectivity index (χ4n) is 1.23. The molecular formula is C9H9N2O3. The predicted octanol–water partition coefficient (Wildman–Crippen LogP) is -0.942. The Morgan fingerprint density at radius 3 is 2.86 bits per heavy atom. The lowest BCUT2D eigenvalue weighted by Crippen LogP contribution is -3.11. The third-order valence-electron chi connectivity index (χ3n) is 1.90. The number of nitrogens with one attached hydrogen (secondary N) is 1. The van der Waals surface area contributed by atoms with E-state index < -0.39 is 5.97 Å². The van der Waals surface area contributed by atoms with Crippen LogP contribution in [-0.4, -0.2) is 17.7 Å². The Morgan fingerprint density at radius 2 is 2.29 bits per heavy atom. The molecule has 1 atom stereocenters. The Kier molecular flexibility index (Phi) is 2.45. The van der Waals surface area contributed by atoms with Crippen LogP contribution in [0.4, 0.5) is 0 Å². The van der Waals surface area contributed by atoms with Crippen LogP contribution in [0, 0.1) is 11.3 Å². The van der Waals surface area contributed by atoms with Crippen LogP contribution < -0.4 is 5.17 Å². The van der Waals surface area contributed by atoms with E-state index in [1.54, 1.807) is 12.1 Å². The smallest absolute Gasteiger partial charge is 0.387 e. The SMILES string of the molecule is O=C1C[NH+]([O-])N(Cc2cc[c]cc2)O1. The Balaban J connectivity index is 2.02. The first kappa shape index (κ1) is 9.14. The van der Waals surface area contributed by atoms with E-state index in [0.29, 0.717) is 6.54 Å². The molecule has 14 heavy (non-hydrogen) atoms. The summed E-state index contributed by atoms with van der Waals surface area (Å²) in [4.78, 5) is 15.5. The van der Waals surface area contributed by atoms with Crippen molar-refractivity contribution in [3.05, 3.63) is 41.1 Å². The maximum atomic E-state index is 11.2. The molecule has 2 rings (SSSR count). The van der Waals surface area contributed by atoms with Crippen molar-refractivity contribution in [1.82, 2.24) is 5.17 Å². The zero-order chi connectivity index (χ0) is 9.97. The quantitative estimate of drug-likeness (QED) is 0.616. The standard InChI is InChI=1S/C9H9N2O3/c12-9-7-10(13)11(14-9)6-8-4-2-1-3-5-8/h2-5,10H,6-7H2. The van der Waals surface area contributed by atoms with Crippen LogP contribution in [0.15, 0.2) is 24.3 Å². The third kappa shape index (κ3) is 1.90. The van der Waals surface area contributed by atoms with Crippen LogP contribution in [-0.2, 0) is 16.2 Å². The maximum absolute atomic E-state index is 11.2. The zero-order valence-corrected chi connectivity index (χ0v) is 7.40. The molecule has 1 aromatic carbocycles. The summed E-state index contributed by atoms with van der Waals surface area (Å²) in [6, 6.07) is 10.00. The van der Waals surface area contributed by atoms with Gasteiger partial charge in [-0.2, -0.15) is 0 Å². The molecule has 0 saturated carbocycles. The van der Waals surface area contributed by atoms with Gasteiger partial charge in [0.05, 0.1) is 0 Å². The second-order valence-electron chi connectivity index (χ2n) is 2.98. The molecule has 1 aromatic rings. The number of quaternary nitrogens is 1. The summed E-state index contributed by atoms with van der Waals surface area (Å²) in [6.07, 6.45) is 0. The van der Waals surface area contributed by atoms with Gasteiger partial charge in [0.25, 0.3) is 0 Å². The molecule has 0 bridgehead atoms. The molecule has 1 heterocycles. The fraction of sp³-hybridized carbons (Fsp3) is 0.222. The summed E-state index contributed by atoms with van der Waals surface area (Å²) < 4.78 is 0. The van der Waals surface area contributed by atoms with Gasteiger partial charge in [0.15, 0.2) is 6.54 Å². The van der Waals surface area contributed by atoms with Crippen LogP contribution in [0.2, 0.25) is 0 Å². The molecule has 5 nitrogen and oxygen atoms in total. The second kappa shape index (κ2) is 3.75. The first-order chi connectivity index (χ1) is 6.75. The molecule has 73 valence electrons. The minimum Gasteiger partial charge on any atom is -0.610 e. The van der Waals surface area contributed by atoms with E-state index in [9.17, 15) is 10.0 Å². The molecule has 1 unspecified atom stereocenters. The first-order valence-corrected chi connectivity index (χ1v) is 4.22. The number of hydroxylamine groups is 2. The number of nitrogens with zero attached hydrogens (tertiary/aromatic N) is 1. The van der Waals surface area contributed by atoms with Gasteiger partial charge in [-0.3, -0.25) is 0 Å². The average molecular weight is 193 g/mol. The van der Waals surface area contributed by atoms with Crippen molar-refractivity contribution < 1.29 is 14.8 Å². The molecule has 1 radical (unpaired) electrons. The fourth-order valence-corrected chi connectivity index (χ4v) is 1.23. The lowest BCUT2D eigenvalue weighted by molar-refractivity contribution is -0.988. The van der Waals surface area contributed by atoms with E-state index >= 15 is 0 Å². The number of hydrogen-bond donors (Lipinski definition) is 1. The average Bonchev–Trinajstić information content (AvgIpc) is 2.47. The van der Waals surface area contributed by atoms with Crippen molar-refractivity contribution in [3.8, 4) is 0 Å². The van der Waals surface area contributed by atoms with Crippen LogP contribution in [0.5, 0.6) is 0 Å². The van der Waals surface area contributed by atoms with Gasteiger partial charge >= 0.3 is 5.97 Å². The summed E-state index contributed by atoms with van der Waals surface area (Å²) in [5.74, 6) is -0.488. The topological polar surface area (TPSA) is 57.0 Å². The maximum Gasteiger partial charge on any atom is 0.387 e. The summed E-state index contributed by atoms with van der Waals surface area (Å²) >= 11 is 0. The number of hydrogen-bond acceptors (Lipinski definition) is 4. The van der Waals surface area contributed by atoms with Gasteiger partial charge in [-0.15, -0.1) is 0 Å². The van der Waals surface area contributed by atoms with Crippen molar-refractivity contribution in [3.63, 3.8) is 0 Å². The van der Waals surface area contributed by atoms with Crippen LogP contribution in [0.25, 0.3) is 0 Å². The van der Waals surface area contributed by atoms with E-state index in [2.05, 4.69) is 6.07 Å². The molecule has 1 saturated heterocycles. The summed E-state index contributed by atoms with van der Waals surface area (Å²) in [5.41, 5.74) is 0.909. The Labute approximate surface area is 81.0 Å². The number of carbonyl (C=O) groups is 1. The van der Waals surface area contributed by atoms with E-state index in [1.807, 2.05) is 12.1 Å². The van der Waals surface area contributed by atoms with Gasteiger partial charge in [0.2, 0.25) is 0 Å². The van der Waals surface area contributed by atoms with Gasteiger partial charge in [-0.05, 0) is 11.6 Å². The molecule has 0 amide bonds. The van der Waals surface area contributed by atoms with Crippen LogP contribution in [0.1, 0.15) is 5.56 Å². The summed E-state index contributed by atoms with van der Waals surface area (Å²) in [6.45, 7) is 0.151. The first-order valence-electron chi connectivity index (χ1n) is 4.22. The van der Waals surface area contributed by atoms with Gasteiger partial charge in [0, 0.05) is 5.17 Å². The minimum absolute atomic E-state index is 0.154. The van der Waals surface area contributed by atoms with Gasteiger partial charge in [-0.1, -0.05) is 24.3 Å². The molecule has 5 heteroatoms. The molecule has 1 aliphatic heterocycles. The van der Waals surface area contributed by atoms with Crippen molar-refractivity contribution in [2.45, 2.75) is 6.54 Å². The molecule has 1 N–H and O–H groups in total. The predicted molar refractivity (Wildman–Crippen MR) is 46.1 cm³/mol. The minimum atomic E-state index is -0.488. The highest BCUT2D eigenvalue weighted by Crippen LogP contribution is 2.02. The van der Waals surface area contributed by atoms with Crippen molar-refractivity contribution >= 4 is 5.97 Å². The molecule has 1 aliphatic rings. The highest BCUT2D eigenvalue weighted by atomic mass is 16.8. The van der Waals surface area contributed by atoms with Gasteiger partial charge < -0.3 is 10.0 Å². The van der Waals surface area contributed by atoms with Crippen LogP contribution in [0.3, 0.4) is 0 Å². The lowest BCUT2D eigenvalue weighted by Gasteiger charge is -2.21. The molecule has 0 aliphatic carbocycles. The van der Waals surface area contributed by atoms with E-state index in [4.69, 9.17) is 4.84 Å². The number of carbonyl (C=O) groups excluding carboxylic acids is 1. The summed E-state index contributed by atoms with van der Waals surface area (Å²) in [5, 5.41) is 12.0. The van der Waals surface area contributed by atoms with Crippen molar-refractivity contribution in [2.75, 3.05) is 6.54 Å². The normalized spacial score (nSPS) is 22.4. The third-order valence-corrected chi connectivity index (χ3v) is 1.90. The highest BCUT2D eigenvalue weighted by molar-refractivity contribution is 5.70. The molecule has 0 aromatic heterocycles. The van der Waals surface area contributed by atoms with Gasteiger partial charge in [-0.25, -0.2) is 9.97 Å². The Morgan fingerprint density at radius 1 is 1.57 bits per heavy atom. The highest BCUT2D eigenvalue weighted by Gasteiger charge is 2.29. The van der Waals surface area contributed by atoms with Crippen molar-refractivity contribution in [1.29, 1.82) is 0 Å². The van der Waals surface area contributed by atoms with E-state index in [-0.39, 0.29) is 11.7 Å². The Hall–Kier alpha value is -1.43. The van der Waals surface area contributed by atoms with Crippen molar-refractivity contribution in [2.24, 2.45) is 0 Å². The number of rotatable bonds is 2. The molecule has 1 fully saturated rings. The second-order valence-corrected chi connectivity index (χ2v) is 2.98. The van der Waals surface area contributed by atoms with E-state index in [1.165, 1.54) is 0 Å².